The smallest absolute Gasteiger partial charge is 0.415 e. The van der Waals surface area contributed by atoms with Crippen LogP contribution in [-0.2, 0) is 9.53 Å². The Morgan fingerprint density at radius 2 is 1.86 bits per heavy atom. The van der Waals surface area contributed by atoms with E-state index in [0.717, 1.165) is 0 Å². The van der Waals surface area contributed by atoms with Crippen LogP contribution in [0, 0.1) is 5.92 Å². The third-order valence-electron chi connectivity index (χ3n) is 2.85. The van der Waals surface area contributed by atoms with Crippen molar-refractivity contribution < 1.29 is 19.4 Å². The van der Waals surface area contributed by atoms with E-state index in [4.69, 9.17) is 4.74 Å². The average molecular weight is 293 g/mol. The number of aromatic hydroxyl groups is 1. The van der Waals surface area contributed by atoms with Gasteiger partial charge in [0.2, 0.25) is 0 Å². The van der Waals surface area contributed by atoms with Gasteiger partial charge in [-0.05, 0) is 38.8 Å². The van der Waals surface area contributed by atoms with E-state index < -0.39 is 17.7 Å². The van der Waals surface area contributed by atoms with Gasteiger partial charge in [0.15, 0.2) is 0 Å². The molecule has 0 radical (unpaired) electrons. The molecule has 0 fully saturated rings. The minimum atomic E-state index is -0.715. The first-order chi connectivity index (χ1) is 9.67. The van der Waals surface area contributed by atoms with Crippen LogP contribution in [0.2, 0.25) is 0 Å². The van der Waals surface area contributed by atoms with Gasteiger partial charge >= 0.3 is 6.09 Å². The molecule has 0 saturated carbocycles. The number of anilines is 1. The van der Waals surface area contributed by atoms with Crippen molar-refractivity contribution in [3.05, 3.63) is 24.3 Å². The molecule has 0 heterocycles. The first-order valence-electron chi connectivity index (χ1n) is 6.93. The molecule has 21 heavy (non-hydrogen) atoms. The van der Waals surface area contributed by atoms with Gasteiger partial charge in [-0.25, -0.2) is 4.79 Å². The third kappa shape index (κ3) is 4.48. The van der Waals surface area contributed by atoms with Gasteiger partial charge in [-0.2, -0.15) is 0 Å². The summed E-state index contributed by atoms with van der Waals surface area (Å²) in [6, 6.07) is 5.67. The minimum absolute atomic E-state index is 0.0733. The van der Waals surface area contributed by atoms with E-state index in [9.17, 15) is 14.7 Å². The molecule has 0 aliphatic rings. The Hall–Kier alpha value is -2.04. The fourth-order valence-electron chi connectivity index (χ4n) is 1.88. The first-order valence-corrected chi connectivity index (χ1v) is 6.93. The molecule has 1 atom stereocenters. The third-order valence-corrected chi connectivity index (χ3v) is 2.85. The van der Waals surface area contributed by atoms with Crippen LogP contribution in [0.5, 0.6) is 5.75 Å². The summed E-state index contributed by atoms with van der Waals surface area (Å²) in [6.07, 6.45) is 0.0379. The first kappa shape index (κ1) is 17.0. The van der Waals surface area contributed by atoms with Gasteiger partial charge in [-0.15, -0.1) is 0 Å². The number of phenolic OH excluding ortho intramolecular Hbond substituents is 1. The van der Waals surface area contributed by atoms with Gasteiger partial charge < -0.3 is 14.6 Å². The average Bonchev–Trinajstić information content (AvgIpc) is 2.34. The van der Waals surface area contributed by atoms with Crippen molar-refractivity contribution >= 4 is 18.1 Å². The number of ether oxygens (including phenoxy) is 1. The monoisotopic (exact) mass is 293 g/mol. The Kier molecular flexibility index (Phi) is 5.35. The van der Waals surface area contributed by atoms with Crippen molar-refractivity contribution in [1.82, 2.24) is 0 Å². The van der Waals surface area contributed by atoms with Crippen LogP contribution < -0.4 is 4.90 Å². The number of hydrogen-bond acceptors (Lipinski definition) is 4. The lowest BCUT2D eigenvalue weighted by Gasteiger charge is -2.33. The maximum Gasteiger partial charge on any atom is 0.415 e. The Balaban J connectivity index is 3.27. The van der Waals surface area contributed by atoms with Crippen molar-refractivity contribution in [2.45, 2.75) is 46.3 Å². The number of rotatable bonds is 4. The summed E-state index contributed by atoms with van der Waals surface area (Å²) in [5.74, 6) is -0.189. The number of amides is 1. The molecule has 0 aliphatic heterocycles. The zero-order chi connectivity index (χ0) is 16.2. The van der Waals surface area contributed by atoms with Crippen LogP contribution in [0.15, 0.2) is 24.3 Å². The summed E-state index contributed by atoms with van der Waals surface area (Å²) in [5.41, 5.74) is -0.429. The Morgan fingerprint density at radius 1 is 1.29 bits per heavy atom. The molecule has 1 rings (SSSR count). The molecule has 1 aromatic rings. The van der Waals surface area contributed by atoms with Crippen LogP contribution in [0.1, 0.15) is 34.6 Å². The Bertz CT molecular complexity index is 505. The Labute approximate surface area is 125 Å². The molecule has 0 aromatic heterocycles. The lowest BCUT2D eigenvalue weighted by atomic mass is 10.0. The number of para-hydroxylation sites is 2. The zero-order valence-electron chi connectivity index (χ0n) is 13.2. The van der Waals surface area contributed by atoms with Gasteiger partial charge in [0.1, 0.15) is 17.6 Å². The topological polar surface area (TPSA) is 66.8 Å². The lowest BCUT2D eigenvalue weighted by molar-refractivity contribution is -0.109. The molecule has 5 nitrogen and oxygen atoms in total. The van der Waals surface area contributed by atoms with Crippen molar-refractivity contribution in [3.8, 4) is 5.75 Å². The molecule has 0 aliphatic carbocycles. The van der Waals surface area contributed by atoms with Gasteiger partial charge in [-0.3, -0.25) is 4.90 Å². The van der Waals surface area contributed by atoms with Crippen LogP contribution in [0.4, 0.5) is 10.5 Å². The molecular formula is C16H23NO4. The SMILES string of the molecule is CC(C)C(C=O)N(C(=O)OC(C)(C)C)c1ccccc1O. The van der Waals surface area contributed by atoms with Crippen LogP contribution in [0.3, 0.4) is 0 Å². The summed E-state index contributed by atoms with van der Waals surface area (Å²) in [5, 5.41) is 9.99. The standard InChI is InChI=1S/C16H23NO4/c1-11(2)13(10-18)17(15(20)21-16(3,4)5)12-8-6-7-9-14(12)19/h6-11,13,19H,1-5H3. The zero-order valence-corrected chi connectivity index (χ0v) is 13.2. The predicted octanol–water partition coefficient (Wildman–Crippen LogP) is 3.36. The maximum atomic E-state index is 12.5. The van der Waals surface area contributed by atoms with Crippen molar-refractivity contribution in [2.75, 3.05) is 4.90 Å². The van der Waals surface area contributed by atoms with Gasteiger partial charge in [0.05, 0.1) is 11.7 Å². The molecule has 0 spiro atoms. The van der Waals surface area contributed by atoms with E-state index in [0.29, 0.717) is 6.29 Å². The summed E-state index contributed by atoms with van der Waals surface area (Å²) >= 11 is 0. The maximum absolute atomic E-state index is 12.5. The van der Waals surface area contributed by atoms with E-state index >= 15 is 0 Å². The number of phenols is 1. The normalized spacial score (nSPS) is 12.9. The van der Waals surface area contributed by atoms with Gasteiger partial charge in [0.25, 0.3) is 0 Å². The molecule has 5 heteroatoms. The van der Waals surface area contributed by atoms with E-state index in [1.165, 1.54) is 11.0 Å². The number of carbonyl (C=O) groups excluding carboxylic acids is 2. The van der Waals surface area contributed by atoms with Crippen LogP contribution >= 0.6 is 0 Å². The van der Waals surface area contributed by atoms with Crippen molar-refractivity contribution in [2.24, 2.45) is 5.92 Å². The van der Waals surface area contributed by atoms with E-state index in [2.05, 4.69) is 0 Å². The summed E-state index contributed by atoms with van der Waals surface area (Å²) < 4.78 is 5.36. The summed E-state index contributed by atoms with van der Waals surface area (Å²) in [6.45, 7) is 8.91. The van der Waals surface area contributed by atoms with Gasteiger partial charge in [0, 0.05) is 0 Å². The molecule has 116 valence electrons. The fraction of sp³-hybridized carbons (Fsp3) is 0.500. The van der Waals surface area contributed by atoms with Gasteiger partial charge in [-0.1, -0.05) is 26.0 Å². The minimum Gasteiger partial charge on any atom is -0.506 e. The predicted molar refractivity (Wildman–Crippen MR) is 81.5 cm³/mol. The number of hydrogen-bond donors (Lipinski definition) is 1. The molecule has 1 amide bonds. The number of carbonyl (C=O) groups is 2. The molecule has 0 bridgehead atoms. The highest BCUT2D eigenvalue weighted by atomic mass is 16.6. The molecule has 0 saturated heterocycles. The second-order valence-corrected chi connectivity index (χ2v) is 6.21. The number of nitrogens with zero attached hydrogens (tertiary/aromatic N) is 1. The molecule has 1 unspecified atom stereocenters. The molecule has 1 N–H and O–H groups in total. The number of aldehydes is 1. The van der Waals surface area contributed by atoms with E-state index in [-0.39, 0.29) is 17.4 Å². The van der Waals surface area contributed by atoms with Crippen LogP contribution in [-0.4, -0.2) is 29.1 Å². The Morgan fingerprint density at radius 3 is 2.29 bits per heavy atom. The molecule has 1 aromatic carbocycles. The number of benzene rings is 1. The lowest BCUT2D eigenvalue weighted by Crippen LogP contribution is -2.47. The van der Waals surface area contributed by atoms with E-state index in [1.54, 1.807) is 39.0 Å². The highest BCUT2D eigenvalue weighted by molar-refractivity contribution is 5.94. The fourth-order valence-corrected chi connectivity index (χ4v) is 1.88. The van der Waals surface area contributed by atoms with E-state index in [1.807, 2.05) is 13.8 Å². The second kappa shape index (κ2) is 6.61. The quantitative estimate of drug-likeness (QED) is 0.864. The summed E-state index contributed by atoms with van der Waals surface area (Å²) in [4.78, 5) is 25.1. The largest absolute Gasteiger partial charge is 0.506 e. The summed E-state index contributed by atoms with van der Waals surface area (Å²) in [7, 11) is 0. The van der Waals surface area contributed by atoms with Crippen molar-refractivity contribution in [3.63, 3.8) is 0 Å². The highest BCUT2D eigenvalue weighted by Gasteiger charge is 2.32. The van der Waals surface area contributed by atoms with Crippen LogP contribution in [0.25, 0.3) is 0 Å². The highest BCUT2D eigenvalue weighted by Crippen LogP contribution is 2.31. The molecular weight excluding hydrogens is 270 g/mol. The van der Waals surface area contributed by atoms with Crippen molar-refractivity contribution in [1.29, 1.82) is 0 Å². The second-order valence-electron chi connectivity index (χ2n) is 6.21.